The molecule has 12 heteroatoms. The minimum Gasteiger partial charge on any atom is -0.496 e. The van der Waals surface area contributed by atoms with Crippen molar-refractivity contribution in [2.24, 2.45) is 0 Å². The first-order valence-electron chi connectivity index (χ1n) is 14.6. The molecule has 1 saturated heterocycles. The van der Waals surface area contributed by atoms with Gasteiger partial charge in [-0.05, 0) is 76.8 Å². The molecule has 44 heavy (non-hydrogen) atoms. The summed E-state index contributed by atoms with van der Waals surface area (Å²) < 4.78 is 52.4. The van der Waals surface area contributed by atoms with Gasteiger partial charge < -0.3 is 25.0 Å². The van der Waals surface area contributed by atoms with E-state index in [-0.39, 0.29) is 35.4 Å². The van der Waals surface area contributed by atoms with Crippen LogP contribution in [-0.4, -0.2) is 64.4 Å². The zero-order valence-corrected chi connectivity index (χ0v) is 25.2. The molecule has 1 aliphatic carbocycles. The van der Waals surface area contributed by atoms with Gasteiger partial charge in [0.25, 0.3) is 5.91 Å². The minimum atomic E-state index is -1.01. The number of carbonyl (C=O) groups is 2. The van der Waals surface area contributed by atoms with Gasteiger partial charge in [-0.25, -0.2) is 13.2 Å². The maximum Gasteiger partial charge on any atom is 0.274 e. The first-order valence-corrected chi connectivity index (χ1v) is 14.6. The van der Waals surface area contributed by atoms with Crippen molar-refractivity contribution in [1.82, 2.24) is 20.7 Å². The summed E-state index contributed by atoms with van der Waals surface area (Å²) in [6.45, 7) is 6.05. The van der Waals surface area contributed by atoms with Crippen molar-refractivity contribution in [3.8, 4) is 17.1 Å². The molecule has 0 bridgehead atoms. The van der Waals surface area contributed by atoms with Gasteiger partial charge in [-0.15, -0.1) is 0 Å². The van der Waals surface area contributed by atoms with Crippen molar-refractivity contribution in [1.29, 1.82) is 0 Å². The highest BCUT2D eigenvalue weighted by Gasteiger charge is 2.49. The summed E-state index contributed by atoms with van der Waals surface area (Å²) in [6, 6.07) is 8.51. The summed E-state index contributed by atoms with van der Waals surface area (Å²) in [5, 5.41) is 20.1. The molecule has 2 aromatic carbocycles. The van der Waals surface area contributed by atoms with Gasteiger partial charge >= 0.3 is 0 Å². The molecule has 2 aliphatic rings. The predicted octanol–water partition coefficient (Wildman–Crippen LogP) is 4.69. The largest absolute Gasteiger partial charge is 0.496 e. The third-order valence-electron chi connectivity index (χ3n) is 8.66. The standard InChI is InChI=1S/C32H37F3N4O5/c1-30(2,23-13-19(33)6-8-26(23)43-4)36-28(40)16-32(17-39(18-32)21-9-11-31(3,42)12-10-21)37-29(41)25-15-27(44-38-25)22-7-5-20(34)14-24(22)35/h5-8,13-15,21,42H,9-12,16-18H2,1-4H3,(H,36,40)(H,37,41). The molecular formula is C32H37F3N4O5. The van der Waals surface area contributed by atoms with Gasteiger partial charge in [0.1, 0.15) is 23.2 Å². The number of ether oxygens (including phenoxy) is 1. The molecule has 3 N–H and O–H groups in total. The lowest BCUT2D eigenvalue weighted by Crippen LogP contribution is -2.73. The molecule has 0 unspecified atom stereocenters. The van der Waals surface area contributed by atoms with Crippen LogP contribution in [0.15, 0.2) is 47.0 Å². The van der Waals surface area contributed by atoms with E-state index in [2.05, 4.69) is 20.7 Å². The van der Waals surface area contributed by atoms with Crippen LogP contribution in [0.5, 0.6) is 5.75 Å². The molecule has 0 spiro atoms. The van der Waals surface area contributed by atoms with E-state index in [9.17, 15) is 27.9 Å². The fourth-order valence-electron chi connectivity index (χ4n) is 6.25. The molecule has 3 aromatic rings. The van der Waals surface area contributed by atoms with Gasteiger partial charge in [0, 0.05) is 36.8 Å². The Hall–Kier alpha value is -3.90. The lowest BCUT2D eigenvalue weighted by Gasteiger charge is -2.54. The number of hydrogen-bond acceptors (Lipinski definition) is 7. The van der Waals surface area contributed by atoms with Crippen molar-refractivity contribution in [2.45, 2.75) is 75.6 Å². The third-order valence-corrected chi connectivity index (χ3v) is 8.66. The van der Waals surface area contributed by atoms with Gasteiger partial charge in [-0.3, -0.25) is 14.5 Å². The smallest absolute Gasteiger partial charge is 0.274 e. The molecule has 1 aromatic heterocycles. The van der Waals surface area contributed by atoms with E-state index in [4.69, 9.17) is 9.26 Å². The topological polar surface area (TPSA) is 117 Å². The van der Waals surface area contributed by atoms with Crippen LogP contribution < -0.4 is 15.4 Å². The Bertz CT molecular complexity index is 1540. The average Bonchev–Trinajstić information content (AvgIpc) is 3.41. The highest BCUT2D eigenvalue weighted by Crippen LogP contribution is 2.37. The van der Waals surface area contributed by atoms with E-state index in [0.29, 0.717) is 43.3 Å². The number of amides is 2. The molecule has 236 valence electrons. The van der Waals surface area contributed by atoms with Gasteiger partial charge in [0.05, 0.1) is 35.8 Å². The Morgan fingerprint density at radius 3 is 2.41 bits per heavy atom. The van der Waals surface area contributed by atoms with Crippen LogP contribution in [0, 0.1) is 17.5 Å². The summed E-state index contributed by atoms with van der Waals surface area (Å²) in [7, 11) is 1.46. The van der Waals surface area contributed by atoms with Crippen molar-refractivity contribution < 1.29 is 37.1 Å². The quantitative estimate of drug-likeness (QED) is 0.320. The molecule has 2 heterocycles. The Morgan fingerprint density at radius 1 is 1.09 bits per heavy atom. The van der Waals surface area contributed by atoms with Crippen LogP contribution in [0.4, 0.5) is 13.2 Å². The van der Waals surface area contributed by atoms with E-state index in [1.807, 2.05) is 6.92 Å². The first-order chi connectivity index (χ1) is 20.7. The number of carbonyl (C=O) groups excluding carboxylic acids is 2. The molecule has 1 saturated carbocycles. The second-order valence-corrected chi connectivity index (χ2v) is 12.8. The van der Waals surface area contributed by atoms with E-state index in [1.54, 1.807) is 13.8 Å². The Balaban J connectivity index is 1.33. The lowest BCUT2D eigenvalue weighted by molar-refractivity contribution is -0.127. The number of aliphatic hydroxyl groups is 1. The number of aromatic nitrogens is 1. The molecule has 0 atom stereocenters. The number of nitrogens with one attached hydrogen (secondary N) is 2. The minimum absolute atomic E-state index is 0.0465. The molecular weight excluding hydrogens is 577 g/mol. The molecule has 2 fully saturated rings. The van der Waals surface area contributed by atoms with E-state index in [1.165, 1.54) is 37.4 Å². The highest BCUT2D eigenvalue weighted by molar-refractivity contribution is 5.94. The van der Waals surface area contributed by atoms with E-state index < -0.39 is 40.0 Å². The van der Waals surface area contributed by atoms with Crippen LogP contribution in [0.25, 0.3) is 11.3 Å². The van der Waals surface area contributed by atoms with Crippen molar-refractivity contribution in [3.05, 3.63) is 71.2 Å². The van der Waals surface area contributed by atoms with E-state index in [0.717, 1.165) is 18.9 Å². The second kappa shape index (κ2) is 11.9. The fourth-order valence-corrected chi connectivity index (χ4v) is 6.25. The van der Waals surface area contributed by atoms with Gasteiger partial charge in [0.15, 0.2) is 11.5 Å². The third kappa shape index (κ3) is 6.76. The van der Waals surface area contributed by atoms with Gasteiger partial charge in [-0.1, -0.05) is 5.16 Å². The van der Waals surface area contributed by atoms with E-state index >= 15 is 0 Å². The van der Waals surface area contributed by atoms with Crippen LogP contribution in [-0.2, 0) is 10.3 Å². The first kappa shape index (κ1) is 31.5. The normalized spacial score (nSPS) is 21.8. The summed E-state index contributed by atoms with van der Waals surface area (Å²) in [5.41, 5.74) is -2.40. The van der Waals surface area contributed by atoms with Crippen LogP contribution >= 0.6 is 0 Å². The van der Waals surface area contributed by atoms with Crippen molar-refractivity contribution in [2.75, 3.05) is 20.2 Å². The summed E-state index contributed by atoms with van der Waals surface area (Å²) >= 11 is 0. The lowest BCUT2D eigenvalue weighted by atomic mass is 9.78. The number of rotatable bonds is 9. The molecule has 5 rings (SSSR count). The number of methoxy groups -OCH3 is 1. The Kier molecular flexibility index (Phi) is 8.52. The van der Waals surface area contributed by atoms with Crippen LogP contribution in [0.2, 0.25) is 0 Å². The number of benzene rings is 2. The second-order valence-electron chi connectivity index (χ2n) is 12.8. The highest BCUT2D eigenvalue weighted by atomic mass is 19.1. The number of likely N-dealkylation sites (tertiary alicyclic amines) is 1. The van der Waals surface area contributed by atoms with Gasteiger partial charge in [0.2, 0.25) is 5.91 Å². The Morgan fingerprint density at radius 2 is 1.75 bits per heavy atom. The Labute approximate surface area is 253 Å². The maximum atomic E-state index is 14.3. The molecule has 2 amide bonds. The number of nitrogens with zero attached hydrogens (tertiary/aromatic N) is 2. The molecule has 9 nitrogen and oxygen atoms in total. The monoisotopic (exact) mass is 614 g/mol. The molecule has 0 radical (unpaired) electrons. The summed E-state index contributed by atoms with van der Waals surface area (Å²) in [6.07, 6.45) is 2.79. The number of hydrogen-bond donors (Lipinski definition) is 3. The van der Waals surface area contributed by atoms with Crippen LogP contribution in [0.1, 0.15) is 68.9 Å². The summed E-state index contributed by atoms with van der Waals surface area (Å²) in [5.74, 6) is -2.70. The fraction of sp³-hybridized carbons (Fsp3) is 0.469. The van der Waals surface area contributed by atoms with Crippen molar-refractivity contribution in [3.63, 3.8) is 0 Å². The zero-order valence-electron chi connectivity index (χ0n) is 25.2. The SMILES string of the molecule is COc1ccc(F)cc1C(C)(C)NC(=O)CC1(NC(=O)c2cc(-c3ccc(F)cc3F)on2)CN(C2CCC(C)(O)CC2)C1. The zero-order chi connectivity index (χ0) is 31.9. The van der Waals surface area contributed by atoms with Gasteiger partial charge in [-0.2, -0.15) is 0 Å². The van der Waals surface area contributed by atoms with Crippen molar-refractivity contribution >= 4 is 11.8 Å². The van der Waals surface area contributed by atoms with Crippen LogP contribution in [0.3, 0.4) is 0 Å². The summed E-state index contributed by atoms with van der Waals surface area (Å²) in [4.78, 5) is 29.1. The predicted molar refractivity (Wildman–Crippen MR) is 155 cm³/mol. The average molecular weight is 615 g/mol. The molecule has 1 aliphatic heterocycles. The number of halogens is 3. The maximum absolute atomic E-state index is 14.3.